The third-order valence-electron chi connectivity index (χ3n) is 1.54. The maximum Gasteiger partial charge on any atom is 0.303 e. The zero-order chi connectivity index (χ0) is 9.14. The van der Waals surface area contributed by atoms with E-state index < -0.39 is 0 Å². The molecule has 0 spiro atoms. The highest BCUT2D eigenvalue weighted by atomic mass is 16.5. The fraction of sp³-hybridized carbons (Fsp3) is 0.500. The van der Waals surface area contributed by atoms with Crippen molar-refractivity contribution < 1.29 is 9.53 Å². The molecule has 0 aliphatic rings. The van der Waals surface area contributed by atoms with Gasteiger partial charge in [-0.15, -0.1) is 0 Å². The van der Waals surface area contributed by atoms with Crippen LogP contribution in [-0.4, -0.2) is 15.7 Å². The van der Waals surface area contributed by atoms with Gasteiger partial charge < -0.3 is 4.74 Å². The number of hydrogen-bond acceptors (Lipinski definition) is 3. The molecule has 0 amide bonds. The van der Waals surface area contributed by atoms with Crippen LogP contribution in [-0.2, 0) is 16.6 Å². The fourth-order valence-electron chi connectivity index (χ4n) is 0.967. The molecule has 12 heavy (non-hydrogen) atoms. The first-order chi connectivity index (χ1) is 5.59. The van der Waals surface area contributed by atoms with Crippen molar-refractivity contribution in [2.45, 2.75) is 20.0 Å². The van der Waals surface area contributed by atoms with Crippen molar-refractivity contribution >= 4 is 5.97 Å². The van der Waals surface area contributed by atoms with E-state index in [4.69, 9.17) is 4.74 Å². The van der Waals surface area contributed by atoms with Gasteiger partial charge >= 0.3 is 5.97 Å². The first-order valence-corrected chi connectivity index (χ1v) is 3.75. The monoisotopic (exact) mass is 168 g/mol. The standard InChI is InChI=1S/C8H12N2O2/c1-6(12-7(2)11)8-4-9-10(3)5-8/h4-6H,1-3H3/t6-/m1/s1. The lowest BCUT2D eigenvalue weighted by Gasteiger charge is -2.08. The summed E-state index contributed by atoms with van der Waals surface area (Å²) in [5.41, 5.74) is 0.910. The predicted molar refractivity (Wildman–Crippen MR) is 43.4 cm³/mol. The van der Waals surface area contributed by atoms with E-state index in [2.05, 4.69) is 5.10 Å². The Labute approximate surface area is 71.1 Å². The molecule has 0 aromatic carbocycles. The lowest BCUT2D eigenvalue weighted by molar-refractivity contribution is -0.145. The van der Waals surface area contributed by atoms with E-state index in [1.807, 2.05) is 20.2 Å². The first kappa shape index (κ1) is 8.77. The highest BCUT2D eigenvalue weighted by molar-refractivity contribution is 5.66. The highest BCUT2D eigenvalue weighted by Crippen LogP contribution is 2.14. The van der Waals surface area contributed by atoms with E-state index in [0.717, 1.165) is 5.56 Å². The molecule has 0 unspecified atom stereocenters. The number of carbonyl (C=O) groups excluding carboxylic acids is 1. The summed E-state index contributed by atoms with van der Waals surface area (Å²) in [5, 5.41) is 3.97. The molecule has 0 saturated carbocycles. The molecule has 0 aliphatic carbocycles. The van der Waals surface area contributed by atoms with Gasteiger partial charge in [-0.05, 0) is 6.92 Å². The molecule has 4 heteroatoms. The van der Waals surface area contributed by atoms with Gasteiger partial charge in [0, 0.05) is 25.7 Å². The van der Waals surface area contributed by atoms with Crippen LogP contribution in [0, 0.1) is 0 Å². The third-order valence-corrected chi connectivity index (χ3v) is 1.54. The highest BCUT2D eigenvalue weighted by Gasteiger charge is 2.09. The Morgan fingerprint density at radius 1 is 1.75 bits per heavy atom. The molecular formula is C8H12N2O2. The molecule has 1 aromatic heterocycles. The molecule has 0 aliphatic heterocycles. The second-order valence-corrected chi connectivity index (χ2v) is 2.70. The van der Waals surface area contributed by atoms with Crippen LogP contribution in [0.3, 0.4) is 0 Å². The van der Waals surface area contributed by atoms with Crippen molar-refractivity contribution in [1.29, 1.82) is 0 Å². The van der Waals surface area contributed by atoms with Gasteiger partial charge in [-0.25, -0.2) is 0 Å². The van der Waals surface area contributed by atoms with Crippen LogP contribution in [0.1, 0.15) is 25.5 Å². The topological polar surface area (TPSA) is 44.1 Å². The lowest BCUT2D eigenvalue weighted by atomic mass is 10.2. The van der Waals surface area contributed by atoms with Gasteiger partial charge in [-0.1, -0.05) is 0 Å². The molecule has 1 aromatic rings. The molecule has 1 heterocycles. The molecular weight excluding hydrogens is 156 g/mol. The summed E-state index contributed by atoms with van der Waals surface area (Å²) < 4.78 is 6.63. The summed E-state index contributed by atoms with van der Waals surface area (Å²) in [7, 11) is 1.82. The van der Waals surface area contributed by atoms with Crippen LogP contribution < -0.4 is 0 Å². The Morgan fingerprint density at radius 2 is 2.42 bits per heavy atom. The van der Waals surface area contributed by atoms with Crippen molar-refractivity contribution in [3.63, 3.8) is 0 Å². The van der Waals surface area contributed by atoms with Gasteiger partial charge in [-0.3, -0.25) is 9.48 Å². The van der Waals surface area contributed by atoms with Crippen LogP contribution in [0.15, 0.2) is 12.4 Å². The third kappa shape index (κ3) is 2.08. The number of nitrogens with zero attached hydrogens (tertiary/aromatic N) is 2. The van der Waals surface area contributed by atoms with Gasteiger partial charge in [0.1, 0.15) is 6.10 Å². The number of rotatable bonds is 2. The number of aryl methyl sites for hydroxylation is 1. The van der Waals surface area contributed by atoms with E-state index in [0.29, 0.717) is 0 Å². The number of ether oxygens (including phenoxy) is 1. The maximum atomic E-state index is 10.6. The largest absolute Gasteiger partial charge is 0.458 e. The minimum Gasteiger partial charge on any atom is -0.458 e. The Morgan fingerprint density at radius 3 is 2.83 bits per heavy atom. The smallest absolute Gasteiger partial charge is 0.303 e. The van der Waals surface area contributed by atoms with Gasteiger partial charge in [0.15, 0.2) is 0 Å². The van der Waals surface area contributed by atoms with Gasteiger partial charge in [-0.2, -0.15) is 5.10 Å². The summed E-state index contributed by atoms with van der Waals surface area (Å²) in [6, 6.07) is 0. The first-order valence-electron chi connectivity index (χ1n) is 3.75. The Bertz CT molecular complexity index is 280. The fourth-order valence-corrected chi connectivity index (χ4v) is 0.967. The summed E-state index contributed by atoms with van der Waals surface area (Å²) in [6.45, 7) is 3.21. The SMILES string of the molecule is CC(=O)O[C@H](C)c1cnn(C)c1. The van der Waals surface area contributed by atoms with Crippen molar-refractivity contribution in [2.24, 2.45) is 7.05 Å². The van der Waals surface area contributed by atoms with Crippen LogP contribution in [0.25, 0.3) is 0 Å². The van der Waals surface area contributed by atoms with E-state index in [1.54, 1.807) is 10.9 Å². The summed E-state index contributed by atoms with van der Waals surface area (Å²) in [5.74, 6) is -0.272. The quantitative estimate of drug-likeness (QED) is 0.620. The minimum absolute atomic E-state index is 0.212. The van der Waals surface area contributed by atoms with Gasteiger partial charge in [0.25, 0.3) is 0 Å². The van der Waals surface area contributed by atoms with Crippen LogP contribution in [0.4, 0.5) is 0 Å². The van der Waals surface area contributed by atoms with Gasteiger partial charge in [0.2, 0.25) is 0 Å². The maximum absolute atomic E-state index is 10.6. The zero-order valence-electron chi connectivity index (χ0n) is 7.44. The zero-order valence-corrected chi connectivity index (χ0v) is 7.44. The molecule has 1 atom stereocenters. The Kier molecular flexibility index (Phi) is 2.47. The molecule has 0 radical (unpaired) electrons. The van der Waals surface area contributed by atoms with E-state index in [9.17, 15) is 4.79 Å². The van der Waals surface area contributed by atoms with E-state index in [1.165, 1.54) is 6.92 Å². The summed E-state index contributed by atoms with van der Waals surface area (Å²) in [6.07, 6.45) is 3.30. The van der Waals surface area contributed by atoms with Crippen molar-refractivity contribution in [3.8, 4) is 0 Å². The van der Waals surface area contributed by atoms with E-state index >= 15 is 0 Å². The molecule has 1 rings (SSSR count). The number of hydrogen-bond donors (Lipinski definition) is 0. The molecule has 66 valence electrons. The number of esters is 1. The molecule has 0 fully saturated rings. The number of carbonyl (C=O) groups is 1. The molecule has 0 N–H and O–H groups in total. The summed E-state index contributed by atoms with van der Waals surface area (Å²) >= 11 is 0. The molecule has 4 nitrogen and oxygen atoms in total. The van der Waals surface area contributed by atoms with Crippen molar-refractivity contribution in [2.75, 3.05) is 0 Å². The lowest BCUT2D eigenvalue weighted by Crippen LogP contribution is -2.03. The second kappa shape index (κ2) is 3.38. The van der Waals surface area contributed by atoms with Crippen molar-refractivity contribution in [3.05, 3.63) is 18.0 Å². The van der Waals surface area contributed by atoms with Crippen LogP contribution >= 0.6 is 0 Å². The predicted octanol–water partition coefficient (Wildman–Crippen LogP) is 1.04. The van der Waals surface area contributed by atoms with E-state index in [-0.39, 0.29) is 12.1 Å². The second-order valence-electron chi connectivity index (χ2n) is 2.70. The van der Waals surface area contributed by atoms with Crippen LogP contribution in [0.2, 0.25) is 0 Å². The molecule has 0 bridgehead atoms. The average Bonchev–Trinajstić information content (AvgIpc) is 2.34. The average molecular weight is 168 g/mol. The van der Waals surface area contributed by atoms with Crippen LogP contribution in [0.5, 0.6) is 0 Å². The summed E-state index contributed by atoms with van der Waals surface area (Å²) in [4.78, 5) is 10.6. The normalized spacial score (nSPS) is 12.6. The Balaban J connectivity index is 2.64. The number of aromatic nitrogens is 2. The molecule has 0 saturated heterocycles. The van der Waals surface area contributed by atoms with Gasteiger partial charge in [0.05, 0.1) is 6.20 Å². The Hall–Kier alpha value is -1.32. The van der Waals surface area contributed by atoms with Crippen molar-refractivity contribution in [1.82, 2.24) is 9.78 Å². The minimum atomic E-state index is -0.272.